The number of nitriles is 1. The van der Waals surface area contributed by atoms with E-state index in [-0.39, 0.29) is 12.5 Å². The Labute approximate surface area is 132 Å². The number of amides is 1. The predicted octanol–water partition coefficient (Wildman–Crippen LogP) is 3.06. The average molecular weight is 313 g/mol. The van der Waals surface area contributed by atoms with Crippen LogP contribution in [-0.4, -0.2) is 23.5 Å². The molecule has 0 saturated carbocycles. The highest BCUT2D eigenvalue weighted by atomic mass is 32.1. The third kappa shape index (κ3) is 2.34. The van der Waals surface area contributed by atoms with E-state index < -0.39 is 6.10 Å². The molecular formula is C16H15N3O2S. The molecule has 0 radical (unpaired) electrons. The number of hydrogen-bond donors (Lipinski definition) is 0. The molecule has 2 heterocycles. The van der Waals surface area contributed by atoms with Gasteiger partial charge < -0.3 is 4.74 Å². The number of carbonyl (C=O) groups is 1. The van der Waals surface area contributed by atoms with Crippen molar-refractivity contribution in [3.8, 4) is 23.1 Å². The lowest BCUT2D eigenvalue weighted by molar-refractivity contribution is -0.125. The summed E-state index contributed by atoms with van der Waals surface area (Å²) in [6.45, 7) is 5.70. The minimum absolute atomic E-state index is 0.0120. The van der Waals surface area contributed by atoms with Gasteiger partial charge in [0.25, 0.3) is 5.91 Å². The number of ether oxygens (including phenoxy) is 1. The van der Waals surface area contributed by atoms with Crippen molar-refractivity contribution >= 4 is 22.9 Å². The van der Waals surface area contributed by atoms with E-state index in [1.165, 1.54) is 4.90 Å². The summed E-state index contributed by atoms with van der Waals surface area (Å²) < 4.78 is 5.63. The van der Waals surface area contributed by atoms with Crippen LogP contribution in [0.4, 0.5) is 5.69 Å². The quantitative estimate of drug-likeness (QED) is 0.799. The molecule has 3 rings (SSSR count). The van der Waals surface area contributed by atoms with Crippen LogP contribution in [0, 0.1) is 25.2 Å². The smallest absolute Gasteiger partial charge is 0.268 e. The third-order valence-corrected chi connectivity index (χ3v) is 4.46. The van der Waals surface area contributed by atoms with Crippen LogP contribution in [0.3, 0.4) is 0 Å². The van der Waals surface area contributed by atoms with Crippen molar-refractivity contribution in [1.82, 2.24) is 4.98 Å². The Balaban J connectivity index is 2.11. The van der Waals surface area contributed by atoms with Gasteiger partial charge in [0.1, 0.15) is 12.3 Å². The van der Waals surface area contributed by atoms with Gasteiger partial charge in [0.15, 0.2) is 6.10 Å². The maximum Gasteiger partial charge on any atom is 0.268 e. The zero-order valence-electron chi connectivity index (χ0n) is 12.6. The number of thiazole rings is 1. The zero-order valence-corrected chi connectivity index (χ0v) is 13.4. The van der Waals surface area contributed by atoms with Gasteiger partial charge in [0, 0.05) is 10.4 Å². The van der Waals surface area contributed by atoms with Gasteiger partial charge >= 0.3 is 0 Å². The van der Waals surface area contributed by atoms with Gasteiger partial charge in [-0.15, -0.1) is 11.3 Å². The van der Waals surface area contributed by atoms with Gasteiger partial charge in [-0.25, -0.2) is 4.98 Å². The highest BCUT2D eigenvalue weighted by molar-refractivity contribution is 7.11. The predicted molar refractivity (Wildman–Crippen MR) is 85.1 cm³/mol. The van der Waals surface area contributed by atoms with Crippen molar-refractivity contribution in [2.24, 2.45) is 0 Å². The molecule has 22 heavy (non-hydrogen) atoms. The second kappa shape index (κ2) is 5.43. The fourth-order valence-corrected chi connectivity index (χ4v) is 3.43. The van der Waals surface area contributed by atoms with Gasteiger partial charge in [-0.2, -0.15) is 5.26 Å². The maximum absolute atomic E-state index is 12.2. The van der Waals surface area contributed by atoms with Crippen LogP contribution in [0.1, 0.15) is 16.8 Å². The van der Waals surface area contributed by atoms with Crippen molar-refractivity contribution in [3.05, 3.63) is 28.1 Å². The monoisotopic (exact) mass is 313 g/mol. The first-order chi connectivity index (χ1) is 10.5. The number of benzene rings is 1. The minimum atomic E-state index is -0.574. The molecule has 0 saturated heterocycles. The number of nitrogens with zero attached hydrogens (tertiary/aromatic N) is 3. The normalized spacial score (nSPS) is 16.9. The summed E-state index contributed by atoms with van der Waals surface area (Å²) in [5.41, 5.74) is 2.47. The van der Waals surface area contributed by atoms with E-state index in [0.717, 1.165) is 21.1 Å². The van der Waals surface area contributed by atoms with Gasteiger partial charge in [0.2, 0.25) is 0 Å². The van der Waals surface area contributed by atoms with Crippen LogP contribution >= 0.6 is 11.3 Å². The fraction of sp³-hybridized carbons (Fsp3) is 0.312. The van der Waals surface area contributed by atoms with Crippen molar-refractivity contribution < 1.29 is 9.53 Å². The zero-order chi connectivity index (χ0) is 15.9. The van der Waals surface area contributed by atoms with E-state index >= 15 is 0 Å². The van der Waals surface area contributed by atoms with Crippen LogP contribution in [0.2, 0.25) is 0 Å². The third-order valence-electron chi connectivity index (χ3n) is 3.57. The molecule has 1 amide bonds. The van der Waals surface area contributed by atoms with E-state index in [1.54, 1.807) is 18.3 Å². The minimum Gasteiger partial charge on any atom is -0.479 e. The summed E-state index contributed by atoms with van der Waals surface area (Å²) >= 11 is 1.64. The first kappa shape index (κ1) is 14.5. The maximum atomic E-state index is 12.2. The largest absolute Gasteiger partial charge is 0.479 e. The summed E-state index contributed by atoms with van der Waals surface area (Å²) in [5, 5.41) is 9.99. The molecule has 2 aromatic rings. The lowest BCUT2D eigenvalue weighted by Crippen LogP contribution is -2.44. The number of anilines is 1. The van der Waals surface area contributed by atoms with Crippen molar-refractivity contribution in [3.63, 3.8) is 0 Å². The Kier molecular flexibility index (Phi) is 3.59. The number of rotatable bonds is 2. The summed E-state index contributed by atoms with van der Waals surface area (Å²) in [4.78, 5) is 19.4. The van der Waals surface area contributed by atoms with E-state index in [0.29, 0.717) is 11.4 Å². The molecule has 6 heteroatoms. The molecule has 0 spiro atoms. The highest BCUT2D eigenvalue weighted by Gasteiger charge is 2.31. The van der Waals surface area contributed by atoms with Crippen LogP contribution in [-0.2, 0) is 4.79 Å². The number of carbonyl (C=O) groups excluding carboxylic acids is 1. The number of hydrogen-bond acceptors (Lipinski definition) is 5. The molecule has 1 aliphatic heterocycles. The number of aromatic nitrogens is 1. The lowest BCUT2D eigenvalue weighted by Gasteiger charge is -2.31. The molecule has 1 aliphatic rings. The number of fused-ring (bicyclic) bond motifs is 1. The standard InChI is InChI=1S/C16H15N3O2S/c1-9-16(20)19(7-6-17)13-8-12(4-5-14(13)21-9)15-10(2)22-11(3)18-15/h4-5,8-9H,7H2,1-3H3. The molecule has 1 aromatic heterocycles. The Bertz CT molecular complexity index is 791. The van der Waals surface area contributed by atoms with Crippen LogP contribution < -0.4 is 9.64 Å². The summed E-state index contributed by atoms with van der Waals surface area (Å²) in [7, 11) is 0. The molecule has 1 unspecified atom stereocenters. The second-order valence-corrected chi connectivity index (χ2v) is 6.57. The molecule has 112 valence electrons. The first-order valence-corrected chi connectivity index (χ1v) is 7.76. The molecule has 5 nitrogen and oxygen atoms in total. The van der Waals surface area contributed by atoms with E-state index in [4.69, 9.17) is 10.00 Å². The lowest BCUT2D eigenvalue weighted by atomic mass is 10.1. The molecule has 1 atom stereocenters. The summed E-state index contributed by atoms with van der Waals surface area (Å²) in [6, 6.07) is 7.69. The van der Waals surface area contributed by atoms with Crippen molar-refractivity contribution in [1.29, 1.82) is 5.26 Å². The van der Waals surface area contributed by atoms with E-state index in [2.05, 4.69) is 4.98 Å². The second-order valence-electron chi connectivity index (χ2n) is 5.16. The fourth-order valence-electron chi connectivity index (χ4n) is 2.58. The molecular weight excluding hydrogens is 298 g/mol. The molecule has 1 aromatic carbocycles. The molecule has 0 aliphatic carbocycles. The van der Waals surface area contributed by atoms with Gasteiger partial charge in [0.05, 0.1) is 22.5 Å². The topological polar surface area (TPSA) is 66.2 Å². The highest BCUT2D eigenvalue weighted by Crippen LogP contribution is 2.38. The summed E-state index contributed by atoms with van der Waals surface area (Å²) in [5.74, 6) is 0.424. The molecule has 0 bridgehead atoms. The number of aryl methyl sites for hydroxylation is 2. The molecule has 0 fully saturated rings. The average Bonchev–Trinajstić information content (AvgIpc) is 2.82. The van der Waals surface area contributed by atoms with Crippen LogP contribution in [0.25, 0.3) is 11.3 Å². The van der Waals surface area contributed by atoms with Gasteiger partial charge in [-0.1, -0.05) is 0 Å². The first-order valence-electron chi connectivity index (χ1n) is 6.94. The Morgan fingerprint density at radius 1 is 1.45 bits per heavy atom. The van der Waals surface area contributed by atoms with Crippen LogP contribution in [0.5, 0.6) is 5.75 Å². The Morgan fingerprint density at radius 2 is 2.23 bits per heavy atom. The summed E-state index contributed by atoms with van der Waals surface area (Å²) in [6.07, 6.45) is -0.574. The van der Waals surface area contributed by atoms with Crippen LogP contribution in [0.15, 0.2) is 18.2 Å². The van der Waals surface area contributed by atoms with E-state index in [9.17, 15) is 4.79 Å². The van der Waals surface area contributed by atoms with Gasteiger partial charge in [-0.05, 0) is 39.0 Å². The Morgan fingerprint density at radius 3 is 2.86 bits per heavy atom. The van der Waals surface area contributed by atoms with E-state index in [1.807, 2.05) is 38.1 Å². The molecule has 0 N–H and O–H groups in total. The SMILES string of the molecule is Cc1nc(-c2ccc3c(c2)N(CC#N)C(=O)C(C)O3)c(C)s1. The van der Waals surface area contributed by atoms with Crippen molar-refractivity contribution in [2.75, 3.05) is 11.4 Å². The van der Waals surface area contributed by atoms with Gasteiger partial charge in [-0.3, -0.25) is 9.69 Å². The van der Waals surface area contributed by atoms with Crippen molar-refractivity contribution in [2.45, 2.75) is 26.9 Å². The Hall–Kier alpha value is -2.39.